The van der Waals surface area contributed by atoms with Crippen LogP contribution < -0.4 is 0 Å². The normalized spacial score (nSPS) is 14.0. The summed E-state index contributed by atoms with van der Waals surface area (Å²) in [7, 11) is 0. The van der Waals surface area contributed by atoms with E-state index in [0.29, 0.717) is 0 Å². The van der Waals surface area contributed by atoms with Crippen molar-refractivity contribution < 1.29 is 6.85 Å². The van der Waals surface area contributed by atoms with Gasteiger partial charge < -0.3 is 13.5 Å². The molecule has 0 aliphatic carbocycles. The molecule has 11 aromatic rings. The molecule has 3 heteroatoms. The van der Waals surface area contributed by atoms with Crippen LogP contribution in [0.4, 0.5) is 0 Å². The SMILES string of the molecule is [2H]c1c([2H])c([2H])c(-n2c3ccccc3c3c2ccc2c4ccccc4n(-c4ccc5c(c4)c4cccc6c7ccccc7n5c64)c23)c([2H])c1[2H]. The van der Waals surface area contributed by atoms with Gasteiger partial charge in [0.1, 0.15) is 0 Å². The Balaban J connectivity index is 1.31. The van der Waals surface area contributed by atoms with Crippen molar-refractivity contribution in [3.63, 3.8) is 0 Å². The first-order valence-corrected chi connectivity index (χ1v) is 15.1. The molecule has 208 valence electrons. The molecule has 0 saturated carbocycles. The quantitative estimate of drug-likeness (QED) is 0.194. The van der Waals surface area contributed by atoms with Gasteiger partial charge in [-0.05, 0) is 54.5 Å². The van der Waals surface area contributed by atoms with Gasteiger partial charge in [-0.3, -0.25) is 0 Å². The van der Waals surface area contributed by atoms with E-state index in [9.17, 15) is 0 Å². The molecule has 0 spiro atoms. The molecule has 0 aliphatic heterocycles. The average molecular weight is 577 g/mol. The Bertz CT molecular complexity index is 3250. The van der Waals surface area contributed by atoms with E-state index in [2.05, 4.69) is 106 Å². The van der Waals surface area contributed by atoms with Gasteiger partial charge in [0.15, 0.2) is 0 Å². The lowest BCUT2D eigenvalue weighted by Gasteiger charge is -2.11. The molecule has 0 bridgehead atoms. The third-order valence-corrected chi connectivity index (χ3v) is 9.64. The first kappa shape index (κ1) is 19.3. The zero-order valence-corrected chi connectivity index (χ0v) is 23.9. The molecular formula is C42H25N3. The first-order chi connectivity index (χ1) is 24.4. The number of rotatable bonds is 2. The monoisotopic (exact) mass is 576 g/mol. The maximum atomic E-state index is 8.90. The van der Waals surface area contributed by atoms with Crippen LogP contribution in [0.1, 0.15) is 6.85 Å². The van der Waals surface area contributed by atoms with Gasteiger partial charge >= 0.3 is 0 Å². The summed E-state index contributed by atoms with van der Waals surface area (Å²) >= 11 is 0. The van der Waals surface area contributed by atoms with Crippen molar-refractivity contribution in [2.45, 2.75) is 0 Å². The van der Waals surface area contributed by atoms with E-state index in [-0.39, 0.29) is 29.9 Å². The Morgan fingerprint density at radius 3 is 1.76 bits per heavy atom. The third kappa shape index (κ3) is 2.86. The Morgan fingerprint density at radius 2 is 0.956 bits per heavy atom. The smallest absolute Gasteiger partial charge is 0.0645 e. The molecular weight excluding hydrogens is 546 g/mol. The fourth-order valence-corrected chi connectivity index (χ4v) is 7.93. The van der Waals surface area contributed by atoms with E-state index < -0.39 is 6.04 Å². The molecule has 7 aromatic carbocycles. The van der Waals surface area contributed by atoms with E-state index in [0.717, 1.165) is 54.8 Å². The molecule has 45 heavy (non-hydrogen) atoms. The molecule has 0 unspecified atom stereocenters. The lowest BCUT2D eigenvalue weighted by Crippen LogP contribution is -1.95. The first-order valence-electron chi connectivity index (χ1n) is 17.6. The van der Waals surface area contributed by atoms with Crippen LogP contribution in [0.3, 0.4) is 0 Å². The molecule has 0 amide bonds. The Morgan fingerprint density at radius 1 is 0.378 bits per heavy atom. The van der Waals surface area contributed by atoms with Crippen molar-refractivity contribution in [3.8, 4) is 11.4 Å². The zero-order chi connectivity index (χ0) is 33.6. The summed E-state index contributed by atoms with van der Waals surface area (Å²) in [6.45, 7) is 0. The topological polar surface area (TPSA) is 14.3 Å². The molecule has 0 atom stereocenters. The number of benzene rings is 7. The molecule has 3 nitrogen and oxygen atoms in total. The fraction of sp³-hybridized carbons (Fsp3) is 0. The third-order valence-electron chi connectivity index (χ3n) is 9.64. The summed E-state index contributed by atoms with van der Waals surface area (Å²) in [5.74, 6) is 0. The van der Waals surface area contributed by atoms with Crippen molar-refractivity contribution in [2.24, 2.45) is 0 Å². The Kier molecular flexibility index (Phi) is 3.56. The van der Waals surface area contributed by atoms with Crippen LogP contribution in [-0.4, -0.2) is 13.5 Å². The maximum Gasteiger partial charge on any atom is 0.0645 e. The van der Waals surface area contributed by atoms with E-state index in [1.165, 1.54) is 32.6 Å². The van der Waals surface area contributed by atoms with Crippen LogP contribution in [0.25, 0.3) is 93.1 Å². The van der Waals surface area contributed by atoms with Gasteiger partial charge in [0.25, 0.3) is 0 Å². The molecule has 11 rings (SSSR count). The maximum absolute atomic E-state index is 8.90. The lowest BCUT2D eigenvalue weighted by atomic mass is 10.1. The zero-order valence-electron chi connectivity index (χ0n) is 28.9. The summed E-state index contributed by atoms with van der Waals surface area (Å²) in [6, 6.07) is 40.8. The molecule has 0 fully saturated rings. The number of hydrogen-bond acceptors (Lipinski definition) is 0. The van der Waals surface area contributed by atoms with Crippen LogP contribution in [0, 0.1) is 0 Å². The summed E-state index contributed by atoms with van der Waals surface area (Å²) in [5.41, 5.74) is 8.37. The predicted octanol–water partition coefficient (Wildman–Crippen LogP) is 11.0. The highest BCUT2D eigenvalue weighted by Gasteiger charge is 2.22. The predicted molar refractivity (Wildman–Crippen MR) is 190 cm³/mol. The van der Waals surface area contributed by atoms with Gasteiger partial charge in [-0.1, -0.05) is 97.0 Å². The van der Waals surface area contributed by atoms with E-state index in [4.69, 9.17) is 6.85 Å². The number of fused-ring (bicyclic) bond motifs is 13. The summed E-state index contributed by atoms with van der Waals surface area (Å²) in [4.78, 5) is 0. The van der Waals surface area contributed by atoms with Gasteiger partial charge in [0, 0.05) is 54.5 Å². The molecule has 4 heterocycles. The van der Waals surface area contributed by atoms with Crippen LogP contribution in [0.5, 0.6) is 0 Å². The Hall–Kier alpha value is -6.06. The number of hydrogen-bond donors (Lipinski definition) is 0. The fourth-order valence-electron chi connectivity index (χ4n) is 7.93. The summed E-state index contributed by atoms with van der Waals surface area (Å²) < 4.78 is 49.5. The van der Waals surface area contributed by atoms with Crippen LogP contribution in [0.2, 0.25) is 0 Å². The highest BCUT2D eigenvalue weighted by atomic mass is 15.0. The summed E-state index contributed by atoms with van der Waals surface area (Å²) in [6.07, 6.45) is 0. The minimum absolute atomic E-state index is 0.143. The second-order valence-corrected chi connectivity index (χ2v) is 11.8. The van der Waals surface area contributed by atoms with Gasteiger partial charge in [0.2, 0.25) is 0 Å². The van der Waals surface area contributed by atoms with Crippen molar-refractivity contribution >= 4 is 81.7 Å². The molecule has 0 radical (unpaired) electrons. The standard InChI is InChI=1S/C42H25N3/c1-2-11-26(12-3-1)43-37-20-9-6-15-33(37)40-39(43)24-22-32-29-14-4-7-18-35(29)44(42(32)40)27-21-23-38-34(25-27)31-17-10-16-30-28-13-5-8-19-36(28)45(38)41(30)31/h1-25H/i1D,2D,3D,11D,12D. The van der Waals surface area contributed by atoms with Gasteiger partial charge in [0.05, 0.1) is 45.5 Å². The molecule has 4 aromatic heterocycles. The number of para-hydroxylation sites is 5. The molecule has 0 N–H and O–H groups in total. The largest absolute Gasteiger partial charge is 0.309 e. The summed E-state index contributed by atoms with van der Waals surface area (Å²) in [5, 5.41) is 8.97. The second-order valence-electron chi connectivity index (χ2n) is 11.8. The van der Waals surface area contributed by atoms with Gasteiger partial charge in [-0.25, -0.2) is 0 Å². The van der Waals surface area contributed by atoms with E-state index >= 15 is 0 Å². The van der Waals surface area contributed by atoms with Crippen molar-refractivity contribution in [1.82, 2.24) is 13.5 Å². The van der Waals surface area contributed by atoms with Crippen LogP contribution in [-0.2, 0) is 0 Å². The average Bonchev–Trinajstić information content (AvgIpc) is 3.88. The Labute approximate surface area is 264 Å². The van der Waals surface area contributed by atoms with Crippen molar-refractivity contribution in [1.29, 1.82) is 0 Å². The molecule has 0 aliphatic rings. The van der Waals surface area contributed by atoms with Gasteiger partial charge in [-0.15, -0.1) is 0 Å². The number of aromatic nitrogens is 3. The minimum Gasteiger partial charge on any atom is -0.309 e. The minimum atomic E-state index is -0.404. The van der Waals surface area contributed by atoms with Gasteiger partial charge in [-0.2, -0.15) is 0 Å². The van der Waals surface area contributed by atoms with Crippen LogP contribution >= 0.6 is 0 Å². The van der Waals surface area contributed by atoms with E-state index in [1.54, 1.807) is 0 Å². The molecule has 0 saturated heterocycles. The van der Waals surface area contributed by atoms with E-state index in [1.807, 2.05) is 28.8 Å². The lowest BCUT2D eigenvalue weighted by molar-refractivity contribution is 1.17. The second kappa shape index (κ2) is 8.31. The van der Waals surface area contributed by atoms with Crippen molar-refractivity contribution in [3.05, 3.63) is 152 Å². The number of nitrogens with zero attached hydrogens (tertiary/aromatic N) is 3. The highest BCUT2D eigenvalue weighted by Crippen LogP contribution is 2.44. The highest BCUT2D eigenvalue weighted by molar-refractivity contribution is 6.27. The van der Waals surface area contributed by atoms with Crippen molar-refractivity contribution in [2.75, 3.05) is 0 Å². The van der Waals surface area contributed by atoms with Crippen LogP contribution in [0.15, 0.2) is 152 Å².